The Morgan fingerprint density at radius 3 is 2.54 bits per heavy atom. The van der Waals surface area contributed by atoms with Crippen LogP contribution in [0, 0.1) is 0 Å². The van der Waals surface area contributed by atoms with Gasteiger partial charge in [-0.05, 0) is 51.9 Å². The van der Waals surface area contributed by atoms with Crippen molar-refractivity contribution in [1.82, 2.24) is 15.5 Å². The molecule has 0 spiro atoms. The fourth-order valence-corrected chi connectivity index (χ4v) is 3.21. The number of nitrogens with zero attached hydrogens (tertiary/aromatic N) is 2. The zero-order valence-corrected chi connectivity index (χ0v) is 18.6. The van der Waals surface area contributed by atoms with Crippen molar-refractivity contribution >= 4 is 29.9 Å². The lowest BCUT2D eigenvalue weighted by Gasteiger charge is -2.20. The van der Waals surface area contributed by atoms with Crippen LogP contribution in [-0.4, -0.2) is 50.7 Å². The molecule has 0 saturated carbocycles. The van der Waals surface area contributed by atoms with Crippen LogP contribution in [0.25, 0.3) is 0 Å². The van der Waals surface area contributed by atoms with Crippen LogP contribution in [0.3, 0.4) is 0 Å². The van der Waals surface area contributed by atoms with Crippen molar-refractivity contribution in [3.63, 3.8) is 0 Å². The molecule has 0 aliphatic carbocycles. The van der Waals surface area contributed by atoms with Gasteiger partial charge < -0.3 is 20.3 Å². The number of nitrogens with one attached hydrogen (secondary N) is 2. The maximum absolute atomic E-state index is 5.40. The number of halogens is 1. The van der Waals surface area contributed by atoms with E-state index in [1.54, 1.807) is 7.11 Å². The van der Waals surface area contributed by atoms with E-state index in [4.69, 9.17) is 9.73 Å². The summed E-state index contributed by atoms with van der Waals surface area (Å²) in [5.74, 6) is 1.77. The smallest absolute Gasteiger partial charge is 0.191 e. The van der Waals surface area contributed by atoms with Crippen molar-refractivity contribution < 1.29 is 4.74 Å². The summed E-state index contributed by atoms with van der Waals surface area (Å²) in [6.45, 7) is 8.24. The Morgan fingerprint density at radius 1 is 1.12 bits per heavy atom. The lowest BCUT2D eigenvalue weighted by molar-refractivity contribution is 0.282. The average molecular weight is 474 g/mol. The molecule has 1 aliphatic rings. The maximum atomic E-state index is 5.40. The predicted octanol–water partition coefficient (Wildman–Crippen LogP) is 3.63. The van der Waals surface area contributed by atoms with E-state index in [1.807, 2.05) is 18.2 Å². The fourth-order valence-electron chi connectivity index (χ4n) is 3.21. The lowest BCUT2D eigenvalue weighted by atomic mass is 10.2. The molecule has 1 heterocycles. The summed E-state index contributed by atoms with van der Waals surface area (Å²) < 4.78 is 5.40. The molecule has 6 heteroatoms. The number of hydrogen-bond donors (Lipinski definition) is 2. The topological polar surface area (TPSA) is 48.9 Å². The zero-order valence-electron chi connectivity index (χ0n) is 16.3. The number of rotatable bonds is 8. The van der Waals surface area contributed by atoms with Gasteiger partial charge in [0.2, 0.25) is 0 Å². The van der Waals surface area contributed by atoms with Gasteiger partial charge in [-0.3, -0.25) is 0 Å². The van der Waals surface area contributed by atoms with Gasteiger partial charge in [0.1, 0.15) is 5.75 Å². The van der Waals surface area contributed by atoms with Crippen molar-refractivity contribution in [3.8, 4) is 5.75 Å². The first-order valence-electron chi connectivity index (χ1n) is 9.70. The van der Waals surface area contributed by atoms with E-state index in [0.717, 1.165) is 36.8 Å². The Balaban J connectivity index is 0.00000338. The number of guanidine groups is 1. The monoisotopic (exact) mass is 474 g/mol. The molecule has 0 unspecified atom stereocenters. The summed E-state index contributed by atoms with van der Waals surface area (Å²) in [5.41, 5.74) is 1.10. The second kappa shape index (κ2) is 14.1. The molecule has 1 saturated heterocycles. The fraction of sp³-hybridized carbons (Fsp3) is 0.650. The molecule has 5 nitrogen and oxygen atoms in total. The van der Waals surface area contributed by atoms with Gasteiger partial charge in [-0.25, -0.2) is 4.99 Å². The van der Waals surface area contributed by atoms with Crippen molar-refractivity contribution in [2.75, 3.05) is 39.8 Å². The van der Waals surface area contributed by atoms with Gasteiger partial charge in [0.15, 0.2) is 5.96 Å². The van der Waals surface area contributed by atoms with E-state index in [2.05, 4.69) is 28.5 Å². The minimum Gasteiger partial charge on any atom is -0.496 e. The van der Waals surface area contributed by atoms with Gasteiger partial charge in [-0.1, -0.05) is 31.0 Å². The number of methoxy groups -OCH3 is 1. The van der Waals surface area contributed by atoms with Crippen LogP contribution < -0.4 is 15.4 Å². The van der Waals surface area contributed by atoms with Crippen LogP contribution in [0.5, 0.6) is 5.75 Å². The Kier molecular flexibility index (Phi) is 12.5. The third-order valence-corrected chi connectivity index (χ3v) is 4.59. The summed E-state index contributed by atoms with van der Waals surface area (Å²) >= 11 is 0. The molecule has 26 heavy (non-hydrogen) atoms. The van der Waals surface area contributed by atoms with E-state index >= 15 is 0 Å². The van der Waals surface area contributed by atoms with Crippen LogP contribution in [0.1, 0.15) is 44.6 Å². The molecule has 1 aromatic rings. The molecule has 2 N–H and O–H groups in total. The third-order valence-electron chi connectivity index (χ3n) is 4.59. The summed E-state index contributed by atoms with van der Waals surface area (Å²) in [4.78, 5) is 7.30. The van der Waals surface area contributed by atoms with Crippen LogP contribution in [0.4, 0.5) is 0 Å². The molecule has 1 aliphatic heterocycles. The number of para-hydroxylation sites is 1. The average Bonchev–Trinajstić information content (AvgIpc) is 2.92. The van der Waals surface area contributed by atoms with Gasteiger partial charge in [-0.2, -0.15) is 0 Å². The highest BCUT2D eigenvalue weighted by molar-refractivity contribution is 14.0. The van der Waals surface area contributed by atoms with Gasteiger partial charge in [-0.15, -0.1) is 24.0 Å². The second-order valence-corrected chi connectivity index (χ2v) is 6.54. The molecule has 1 aromatic carbocycles. The molecule has 148 valence electrons. The molecule has 0 bridgehead atoms. The summed E-state index contributed by atoms with van der Waals surface area (Å²) in [6, 6.07) is 8.05. The van der Waals surface area contributed by atoms with Crippen LogP contribution in [0.15, 0.2) is 29.3 Å². The molecular weight excluding hydrogens is 439 g/mol. The number of hydrogen-bond acceptors (Lipinski definition) is 3. The van der Waals surface area contributed by atoms with Gasteiger partial charge in [0, 0.05) is 18.7 Å². The van der Waals surface area contributed by atoms with E-state index in [1.165, 1.54) is 45.3 Å². The minimum absolute atomic E-state index is 0. The van der Waals surface area contributed by atoms with E-state index in [0.29, 0.717) is 6.54 Å². The largest absolute Gasteiger partial charge is 0.496 e. The maximum Gasteiger partial charge on any atom is 0.191 e. The highest BCUT2D eigenvalue weighted by Crippen LogP contribution is 2.17. The summed E-state index contributed by atoms with van der Waals surface area (Å²) in [5, 5.41) is 6.78. The first-order chi connectivity index (χ1) is 12.3. The Labute approximate surface area is 176 Å². The molecule has 0 amide bonds. The van der Waals surface area contributed by atoms with Crippen LogP contribution in [0.2, 0.25) is 0 Å². The normalized spacial score (nSPS) is 15.7. The van der Waals surface area contributed by atoms with Crippen LogP contribution >= 0.6 is 24.0 Å². The van der Waals surface area contributed by atoms with Crippen LogP contribution in [-0.2, 0) is 6.54 Å². The lowest BCUT2D eigenvalue weighted by Crippen LogP contribution is -2.39. The Bertz CT molecular complexity index is 516. The molecular formula is C20H35IN4O. The van der Waals surface area contributed by atoms with Crippen molar-refractivity contribution in [3.05, 3.63) is 29.8 Å². The van der Waals surface area contributed by atoms with Crippen molar-refractivity contribution in [1.29, 1.82) is 0 Å². The van der Waals surface area contributed by atoms with Gasteiger partial charge in [0.25, 0.3) is 0 Å². The SMILES string of the molecule is CCNC(=NCc1ccccc1OC)NCCCN1CCCCCC1.I. The van der Waals surface area contributed by atoms with E-state index in [9.17, 15) is 0 Å². The van der Waals surface area contributed by atoms with Crippen molar-refractivity contribution in [2.45, 2.75) is 45.6 Å². The highest BCUT2D eigenvalue weighted by Gasteiger charge is 2.08. The predicted molar refractivity (Wildman–Crippen MR) is 121 cm³/mol. The quantitative estimate of drug-likeness (QED) is 0.262. The Hall–Kier alpha value is -1.02. The number of ether oxygens (including phenoxy) is 1. The first kappa shape index (κ1) is 23.0. The van der Waals surface area contributed by atoms with E-state index in [-0.39, 0.29) is 24.0 Å². The van der Waals surface area contributed by atoms with Crippen molar-refractivity contribution in [2.24, 2.45) is 4.99 Å². The first-order valence-corrected chi connectivity index (χ1v) is 9.70. The number of benzene rings is 1. The molecule has 2 rings (SSSR count). The molecule has 0 aromatic heterocycles. The molecule has 0 radical (unpaired) electrons. The second-order valence-electron chi connectivity index (χ2n) is 6.54. The van der Waals surface area contributed by atoms with Gasteiger partial charge in [0.05, 0.1) is 13.7 Å². The zero-order chi connectivity index (χ0) is 17.7. The molecule has 0 atom stereocenters. The van der Waals surface area contributed by atoms with E-state index < -0.39 is 0 Å². The standard InChI is InChI=1S/C20H34N4O.HI/c1-3-21-20(23-17-18-11-6-7-12-19(18)25-2)22-13-10-16-24-14-8-4-5-9-15-24;/h6-7,11-12H,3-5,8-10,13-17H2,1-2H3,(H2,21,22,23);1H. The van der Waals surface area contributed by atoms with Gasteiger partial charge >= 0.3 is 0 Å². The third kappa shape index (κ3) is 8.58. The summed E-state index contributed by atoms with van der Waals surface area (Å²) in [7, 11) is 1.70. The number of aliphatic imine (C=N–C) groups is 1. The Morgan fingerprint density at radius 2 is 1.85 bits per heavy atom. The summed E-state index contributed by atoms with van der Waals surface area (Å²) in [6.07, 6.45) is 6.66. The number of likely N-dealkylation sites (tertiary alicyclic amines) is 1. The molecule has 1 fully saturated rings. The minimum atomic E-state index is 0. The highest BCUT2D eigenvalue weighted by atomic mass is 127.